The Bertz CT molecular complexity index is 621. The summed E-state index contributed by atoms with van der Waals surface area (Å²) in [6, 6.07) is 6.18. The molecule has 1 aromatic carbocycles. The molecule has 0 aliphatic rings. The van der Waals surface area contributed by atoms with Crippen LogP contribution in [0.15, 0.2) is 33.7 Å². The smallest absolute Gasteiger partial charge is 0.262 e. The molecule has 0 fully saturated rings. The van der Waals surface area contributed by atoms with E-state index in [2.05, 4.69) is 10.1 Å². The lowest BCUT2D eigenvalue weighted by Crippen LogP contribution is -1.94. The molecule has 84 valence electrons. The lowest BCUT2D eigenvalue weighted by atomic mass is 10.2. The molecule has 0 amide bonds. The van der Waals surface area contributed by atoms with Gasteiger partial charge in [-0.05, 0) is 19.1 Å². The van der Waals surface area contributed by atoms with Crippen LogP contribution < -0.4 is 0 Å². The quantitative estimate of drug-likeness (QED) is 0.770. The minimum Gasteiger partial charge on any atom is -0.334 e. The van der Waals surface area contributed by atoms with Crippen molar-refractivity contribution in [3.8, 4) is 11.5 Å². The predicted octanol–water partition coefficient (Wildman–Crippen LogP) is 1.97. The number of benzene rings is 1. The molecule has 2 aromatic rings. The lowest BCUT2D eigenvalue weighted by molar-refractivity contribution is 0.425. The van der Waals surface area contributed by atoms with E-state index < -0.39 is 9.05 Å². The summed E-state index contributed by atoms with van der Waals surface area (Å²) in [4.78, 5) is 3.91. The molecule has 0 saturated heterocycles. The van der Waals surface area contributed by atoms with E-state index in [1.54, 1.807) is 25.1 Å². The van der Waals surface area contributed by atoms with Crippen LogP contribution in [0.3, 0.4) is 0 Å². The summed E-state index contributed by atoms with van der Waals surface area (Å²) in [6.07, 6.45) is 0. The number of aromatic nitrogens is 2. The van der Waals surface area contributed by atoms with Gasteiger partial charge in [-0.15, -0.1) is 0 Å². The largest absolute Gasteiger partial charge is 0.334 e. The topological polar surface area (TPSA) is 73.1 Å². The first kappa shape index (κ1) is 11.1. The molecule has 0 spiro atoms. The van der Waals surface area contributed by atoms with Crippen LogP contribution in [0.4, 0.5) is 0 Å². The molecule has 16 heavy (non-hydrogen) atoms. The molecule has 0 unspecified atom stereocenters. The molecule has 1 aromatic heterocycles. The van der Waals surface area contributed by atoms with E-state index in [-0.39, 0.29) is 10.8 Å². The van der Waals surface area contributed by atoms with Crippen LogP contribution in [0.5, 0.6) is 0 Å². The third kappa shape index (κ3) is 2.07. The standard InChI is InChI=1S/C9H7ClN2O3S/c1-6-11-9(15-12-6)7-4-2-3-5-8(7)16(10,13)14/h2-5H,1H3. The van der Waals surface area contributed by atoms with Crippen LogP contribution in [0.1, 0.15) is 5.82 Å². The van der Waals surface area contributed by atoms with Crippen LogP contribution >= 0.6 is 10.7 Å². The number of aryl methyl sites for hydroxylation is 1. The first-order valence-corrected chi connectivity index (χ1v) is 6.64. The van der Waals surface area contributed by atoms with Crippen molar-refractivity contribution in [2.45, 2.75) is 11.8 Å². The van der Waals surface area contributed by atoms with Gasteiger partial charge >= 0.3 is 0 Å². The van der Waals surface area contributed by atoms with Gasteiger partial charge in [0.2, 0.25) is 0 Å². The zero-order valence-corrected chi connectivity index (χ0v) is 9.79. The Morgan fingerprint density at radius 3 is 2.56 bits per heavy atom. The van der Waals surface area contributed by atoms with Gasteiger partial charge in [0.1, 0.15) is 0 Å². The highest BCUT2D eigenvalue weighted by molar-refractivity contribution is 8.13. The van der Waals surface area contributed by atoms with Crippen molar-refractivity contribution in [1.29, 1.82) is 0 Å². The van der Waals surface area contributed by atoms with Crippen molar-refractivity contribution in [3.63, 3.8) is 0 Å². The normalized spacial score (nSPS) is 11.6. The second-order valence-electron chi connectivity index (χ2n) is 3.08. The molecular formula is C9H7ClN2O3S. The number of hydrogen-bond acceptors (Lipinski definition) is 5. The maximum Gasteiger partial charge on any atom is 0.262 e. The molecule has 0 N–H and O–H groups in total. The van der Waals surface area contributed by atoms with Gasteiger partial charge in [-0.25, -0.2) is 8.42 Å². The molecule has 0 saturated carbocycles. The Hall–Kier alpha value is -1.40. The summed E-state index contributed by atoms with van der Waals surface area (Å²) in [7, 11) is 1.47. The predicted molar refractivity (Wildman–Crippen MR) is 57.5 cm³/mol. The molecule has 7 heteroatoms. The average Bonchev–Trinajstić information content (AvgIpc) is 2.64. The Balaban J connectivity index is 2.66. The molecule has 0 aliphatic carbocycles. The van der Waals surface area contributed by atoms with Gasteiger partial charge in [0, 0.05) is 10.7 Å². The van der Waals surface area contributed by atoms with Crippen LogP contribution in [0, 0.1) is 6.92 Å². The second kappa shape index (κ2) is 3.88. The third-order valence-electron chi connectivity index (χ3n) is 1.91. The van der Waals surface area contributed by atoms with Crippen molar-refractivity contribution in [2.24, 2.45) is 0 Å². The van der Waals surface area contributed by atoms with E-state index in [0.29, 0.717) is 11.4 Å². The maximum absolute atomic E-state index is 11.3. The fourth-order valence-electron chi connectivity index (χ4n) is 1.26. The zero-order valence-electron chi connectivity index (χ0n) is 8.21. The highest BCUT2D eigenvalue weighted by atomic mass is 35.7. The van der Waals surface area contributed by atoms with Crippen molar-refractivity contribution < 1.29 is 12.9 Å². The van der Waals surface area contributed by atoms with Gasteiger partial charge in [-0.3, -0.25) is 0 Å². The molecule has 5 nitrogen and oxygen atoms in total. The Morgan fingerprint density at radius 2 is 2.00 bits per heavy atom. The highest BCUT2D eigenvalue weighted by Gasteiger charge is 2.19. The van der Waals surface area contributed by atoms with Crippen molar-refractivity contribution in [3.05, 3.63) is 30.1 Å². The fourth-order valence-corrected chi connectivity index (χ4v) is 2.33. The van der Waals surface area contributed by atoms with E-state index in [9.17, 15) is 8.42 Å². The number of hydrogen-bond donors (Lipinski definition) is 0. The summed E-state index contributed by atoms with van der Waals surface area (Å²) < 4.78 is 27.5. The number of halogens is 1. The van der Waals surface area contributed by atoms with E-state index >= 15 is 0 Å². The van der Waals surface area contributed by atoms with Gasteiger partial charge in [0.05, 0.1) is 10.5 Å². The second-order valence-corrected chi connectivity index (χ2v) is 5.62. The molecule has 1 heterocycles. The third-order valence-corrected chi connectivity index (χ3v) is 3.29. The van der Waals surface area contributed by atoms with Crippen LogP contribution in [0.2, 0.25) is 0 Å². The van der Waals surface area contributed by atoms with Gasteiger partial charge in [0.15, 0.2) is 5.82 Å². The summed E-state index contributed by atoms with van der Waals surface area (Å²) in [6.45, 7) is 1.64. The lowest BCUT2D eigenvalue weighted by Gasteiger charge is -2.00. The van der Waals surface area contributed by atoms with Crippen LogP contribution in [-0.2, 0) is 9.05 Å². The van der Waals surface area contributed by atoms with E-state index in [0.717, 1.165) is 0 Å². The van der Waals surface area contributed by atoms with Crippen LogP contribution in [-0.4, -0.2) is 18.6 Å². The van der Waals surface area contributed by atoms with E-state index in [4.69, 9.17) is 15.2 Å². The van der Waals surface area contributed by atoms with Gasteiger partial charge in [-0.1, -0.05) is 17.3 Å². The zero-order chi connectivity index (χ0) is 11.8. The first-order valence-electron chi connectivity index (χ1n) is 4.33. The van der Waals surface area contributed by atoms with Crippen molar-refractivity contribution in [2.75, 3.05) is 0 Å². The Kier molecular flexibility index (Phi) is 2.69. The monoisotopic (exact) mass is 258 g/mol. The first-order chi connectivity index (χ1) is 7.48. The SMILES string of the molecule is Cc1noc(-c2ccccc2S(=O)(=O)Cl)n1. The van der Waals surface area contributed by atoms with Gasteiger partial charge in [-0.2, -0.15) is 4.98 Å². The van der Waals surface area contributed by atoms with Crippen molar-refractivity contribution >= 4 is 19.7 Å². The minimum absolute atomic E-state index is 0.0414. The highest BCUT2D eigenvalue weighted by Crippen LogP contribution is 2.27. The average molecular weight is 259 g/mol. The molecule has 0 aliphatic heterocycles. The van der Waals surface area contributed by atoms with Crippen LogP contribution in [0.25, 0.3) is 11.5 Å². The summed E-state index contributed by atoms with van der Waals surface area (Å²) in [5, 5.41) is 3.59. The summed E-state index contributed by atoms with van der Waals surface area (Å²) in [5.74, 6) is 0.564. The van der Waals surface area contributed by atoms with Gasteiger partial charge < -0.3 is 4.52 Å². The van der Waals surface area contributed by atoms with Gasteiger partial charge in [0.25, 0.3) is 14.9 Å². The molecule has 0 bridgehead atoms. The maximum atomic E-state index is 11.3. The number of nitrogens with zero attached hydrogens (tertiary/aromatic N) is 2. The summed E-state index contributed by atoms with van der Waals surface area (Å²) >= 11 is 0. The van der Waals surface area contributed by atoms with Crippen molar-refractivity contribution in [1.82, 2.24) is 10.1 Å². The van der Waals surface area contributed by atoms with E-state index in [1.165, 1.54) is 6.07 Å². The summed E-state index contributed by atoms with van der Waals surface area (Å²) in [5.41, 5.74) is 0.304. The molecule has 0 radical (unpaired) electrons. The fraction of sp³-hybridized carbons (Fsp3) is 0.111. The molecular weight excluding hydrogens is 252 g/mol. The molecule has 0 atom stereocenters. The Labute approximate surface area is 96.5 Å². The number of rotatable bonds is 2. The molecule has 2 rings (SSSR count). The minimum atomic E-state index is -3.83. The Morgan fingerprint density at radius 1 is 1.31 bits per heavy atom. The van der Waals surface area contributed by atoms with E-state index in [1.807, 2.05) is 0 Å².